The molecule has 3 aromatic rings. The van der Waals surface area contributed by atoms with Crippen LogP contribution in [0.4, 0.5) is 0 Å². The summed E-state index contributed by atoms with van der Waals surface area (Å²) in [6.45, 7) is 4.03. The number of H-pyrrole nitrogens is 1. The average molecular weight is 337 g/mol. The third-order valence-electron chi connectivity index (χ3n) is 3.94. The highest BCUT2D eigenvalue weighted by Crippen LogP contribution is 2.24. The number of carbonyl (C=O) groups excluding carboxylic acids is 1. The van der Waals surface area contributed by atoms with E-state index in [1.54, 1.807) is 24.4 Å². The van der Waals surface area contributed by atoms with Crippen LogP contribution < -0.4 is 10.9 Å². The van der Waals surface area contributed by atoms with E-state index in [9.17, 15) is 9.59 Å². The Morgan fingerprint density at radius 1 is 1.28 bits per heavy atom. The number of aromatic amines is 1. The normalized spacial score (nSPS) is 10.6. The summed E-state index contributed by atoms with van der Waals surface area (Å²) in [4.78, 5) is 30.7. The molecule has 0 atom stereocenters. The lowest BCUT2D eigenvalue weighted by Crippen LogP contribution is -2.23. The van der Waals surface area contributed by atoms with Gasteiger partial charge in [-0.05, 0) is 43.7 Å². The number of aryl methyl sites for hydroxylation is 2. The Bertz CT molecular complexity index is 942. The van der Waals surface area contributed by atoms with Crippen LogP contribution in [0.1, 0.15) is 34.4 Å². The number of rotatable bonds is 5. The Morgan fingerprint density at radius 2 is 2.12 bits per heavy atom. The van der Waals surface area contributed by atoms with Gasteiger partial charge in [0.05, 0.1) is 6.54 Å². The second-order valence-electron chi connectivity index (χ2n) is 5.68. The quantitative estimate of drug-likeness (QED) is 0.749. The Balaban J connectivity index is 1.75. The van der Waals surface area contributed by atoms with Crippen LogP contribution in [-0.4, -0.2) is 15.9 Å². The lowest BCUT2D eigenvalue weighted by Gasteiger charge is -2.05. The van der Waals surface area contributed by atoms with E-state index < -0.39 is 0 Å². The summed E-state index contributed by atoms with van der Waals surface area (Å²) in [7, 11) is 0. The summed E-state index contributed by atoms with van der Waals surface area (Å²) >= 11 is 0. The second kappa shape index (κ2) is 7.17. The van der Waals surface area contributed by atoms with Crippen LogP contribution in [0.15, 0.2) is 51.8 Å². The minimum Gasteiger partial charge on any atom is -0.459 e. The highest BCUT2D eigenvalue weighted by molar-refractivity contribution is 5.92. The Hall–Kier alpha value is -3.15. The molecule has 0 fully saturated rings. The summed E-state index contributed by atoms with van der Waals surface area (Å²) < 4.78 is 5.82. The molecule has 1 amide bonds. The van der Waals surface area contributed by atoms with Gasteiger partial charge in [-0.1, -0.05) is 13.0 Å². The molecule has 0 saturated carbocycles. The zero-order valence-corrected chi connectivity index (χ0v) is 14.1. The number of hydrogen-bond donors (Lipinski definition) is 2. The molecule has 6 heteroatoms. The van der Waals surface area contributed by atoms with Gasteiger partial charge < -0.3 is 14.7 Å². The summed E-state index contributed by atoms with van der Waals surface area (Å²) in [6, 6.07) is 10.7. The van der Waals surface area contributed by atoms with Crippen molar-refractivity contribution < 1.29 is 9.21 Å². The molecule has 0 bridgehead atoms. The topological polar surface area (TPSA) is 88.0 Å². The maximum atomic E-state index is 12.0. The van der Waals surface area contributed by atoms with E-state index in [2.05, 4.69) is 15.3 Å². The summed E-state index contributed by atoms with van der Waals surface area (Å²) in [5, 5.41) is 2.77. The molecule has 2 N–H and O–H groups in total. The van der Waals surface area contributed by atoms with E-state index in [0.29, 0.717) is 29.2 Å². The van der Waals surface area contributed by atoms with Crippen LogP contribution in [0.25, 0.3) is 11.3 Å². The summed E-state index contributed by atoms with van der Waals surface area (Å²) in [6.07, 6.45) is 2.22. The van der Waals surface area contributed by atoms with Gasteiger partial charge in [0, 0.05) is 23.0 Å². The Labute approximate surface area is 144 Å². The molecule has 0 spiro atoms. The van der Waals surface area contributed by atoms with Crippen molar-refractivity contribution in [3.05, 3.63) is 75.7 Å². The van der Waals surface area contributed by atoms with Gasteiger partial charge in [0.1, 0.15) is 17.2 Å². The smallest absolute Gasteiger partial charge is 0.270 e. The first-order valence-electron chi connectivity index (χ1n) is 8.09. The summed E-state index contributed by atoms with van der Waals surface area (Å²) in [5.41, 5.74) is 2.60. The highest BCUT2D eigenvalue weighted by atomic mass is 16.3. The monoisotopic (exact) mass is 337 g/mol. The largest absolute Gasteiger partial charge is 0.459 e. The zero-order chi connectivity index (χ0) is 17.8. The highest BCUT2D eigenvalue weighted by Gasteiger charge is 2.12. The first-order chi connectivity index (χ1) is 12.1. The molecule has 25 heavy (non-hydrogen) atoms. The molecule has 0 unspecified atom stereocenters. The number of carbonyl (C=O) groups is 1. The van der Waals surface area contributed by atoms with Crippen LogP contribution in [-0.2, 0) is 13.0 Å². The third kappa shape index (κ3) is 3.68. The molecule has 3 heterocycles. The van der Waals surface area contributed by atoms with Gasteiger partial charge in [-0.2, -0.15) is 0 Å². The minimum absolute atomic E-state index is 0.0712. The van der Waals surface area contributed by atoms with Crippen molar-refractivity contribution in [2.75, 3.05) is 0 Å². The van der Waals surface area contributed by atoms with E-state index in [4.69, 9.17) is 4.42 Å². The van der Waals surface area contributed by atoms with Crippen molar-refractivity contribution in [2.45, 2.75) is 26.8 Å². The first kappa shape index (κ1) is 16.7. The fraction of sp³-hybridized carbons (Fsp3) is 0.211. The van der Waals surface area contributed by atoms with Crippen LogP contribution in [0.3, 0.4) is 0 Å². The minimum atomic E-state index is -0.257. The molecule has 0 aliphatic carbocycles. The number of pyridine rings is 2. The SMILES string of the molecule is CCc1cc(-c2ccc(CNC(=O)c3ccccn3)o2)c(C)[nH]c1=O. The number of hydrogen-bond acceptors (Lipinski definition) is 4. The van der Waals surface area contributed by atoms with E-state index in [-0.39, 0.29) is 18.0 Å². The van der Waals surface area contributed by atoms with Gasteiger partial charge in [-0.25, -0.2) is 0 Å². The standard InChI is InChI=1S/C19H19N3O3/c1-3-13-10-15(12(2)22-18(13)23)17-8-7-14(25-17)11-21-19(24)16-6-4-5-9-20-16/h4-10H,3,11H2,1-2H3,(H,21,24)(H,22,23). The molecular weight excluding hydrogens is 318 g/mol. The van der Waals surface area contributed by atoms with Crippen LogP contribution in [0.2, 0.25) is 0 Å². The van der Waals surface area contributed by atoms with Crippen LogP contribution >= 0.6 is 0 Å². The lowest BCUT2D eigenvalue weighted by molar-refractivity contribution is 0.0943. The van der Waals surface area contributed by atoms with E-state index in [0.717, 1.165) is 11.3 Å². The number of nitrogens with zero attached hydrogens (tertiary/aromatic N) is 1. The molecule has 0 aliphatic rings. The maximum absolute atomic E-state index is 12.0. The van der Waals surface area contributed by atoms with Gasteiger partial charge >= 0.3 is 0 Å². The summed E-state index contributed by atoms with van der Waals surface area (Å²) in [5.74, 6) is 1.03. The van der Waals surface area contributed by atoms with E-state index >= 15 is 0 Å². The van der Waals surface area contributed by atoms with Crippen molar-refractivity contribution in [3.8, 4) is 11.3 Å². The fourth-order valence-corrected chi connectivity index (χ4v) is 2.56. The Kier molecular flexibility index (Phi) is 4.79. The molecule has 6 nitrogen and oxygen atoms in total. The molecule has 0 aliphatic heterocycles. The van der Waals surface area contributed by atoms with Crippen LogP contribution in [0.5, 0.6) is 0 Å². The Morgan fingerprint density at radius 3 is 2.84 bits per heavy atom. The third-order valence-corrected chi connectivity index (χ3v) is 3.94. The molecule has 3 rings (SSSR count). The van der Waals surface area contributed by atoms with Crippen molar-refractivity contribution in [3.63, 3.8) is 0 Å². The molecule has 0 saturated heterocycles. The first-order valence-corrected chi connectivity index (χ1v) is 8.09. The molecule has 3 aromatic heterocycles. The van der Waals surface area contributed by atoms with Gasteiger partial charge in [0.2, 0.25) is 0 Å². The second-order valence-corrected chi connectivity index (χ2v) is 5.68. The van der Waals surface area contributed by atoms with Crippen molar-refractivity contribution in [2.24, 2.45) is 0 Å². The van der Waals surface area contributed by atoms with Crippen LogP contribution in [0, 0.1) is 6.92 Å². The predicted molar refractivity (Wildman–Crippen MR) is 94.3 cm³/mol. The lowest BCUT2D eigenvalue weighted by atomic mass is 10.1. The number of aromatic nitrogens is 2. The maximum Gasteiger partial charge on any atom is 0.270 e. The van der Waals surface area contributed by atoms with Gasteiger partial charge in [0.15, 0.2) is 0 Å². The zero-order valence-electron chi connectivity index (χ0n) is 14.1. The van der Waals surface area contributed by atoms with Crippen molar-refractivity contribution in [1.82, 2.24) is 15.3 Å². The number of nitrogens with one attached hydrogen (secondary N) is 2. The van der Waals surface area contributed by atoms with E-state index in [1.165, 1.54) is 0 Å². The molecule has 0 aromatic carbocycles. The number of amides is 1. The predicted octanol–water partition coefficient (Wildman–Crippen LogP) is 2.83. The fourth-order valence-electron chi connectivity index (χ4n) is 2.56. The molecule has 128 valence electrons. The van der Waals surface area contributed by atoms with E-state index in [1.807, 2.05) is 32.0 Å². The van der Waals surface area contributed by atoms with Crippen molar-refractivity contribution in [1.29, 1.82) is 0 Å². The molecule has 0 radical (unpaired) electrons. The average Bonchev–Trinajstić information content (AvgIpc) is 3.09. The van der Waals surface area contributed by atoms with Gasteiger partial charge in [-0.15, -0.1) is 0 Å². The van der Waals surface area contributed by atoms with Gasteiger partial charge in [-0.3, -0.25) is 14.6 Å². The number of furan rings is 1. The van der Waals surface area contributed by atoms with Crippen molar-refractivity contribution >= 4 is 5.91 Å². The van der Waals surface area contributed by atoms with Gasteiger partial charge in [0.25, 0.3) is 11.5 Å². The molecular formula is C19H19N3O3.